The second-order valence-electron chi connectivity index (χ2n) is 0.435. The summed E-state index contributed by atoms with van der Waals surface area (Å²) in [6.07, 6.45) is 0. The minimum absolute atomic E-state index is 0. The van der Waals surface area contributed by atoms with E-state index < -0.39 is 8.60 Å². The molecule has 6 heavy (non-hydrogen) atoms. The maximum absolute atomic E-state index is 7.76. The van der Waals surface area contributed by atoms with E-state index in [1.807, 2.05) is 0 Å². The Bertz CT molecular complexity index is 24.8. The molecule has 3 nitrogen and oxygen atoms in total. The summed E-state index contributed by atoms with van der Waals surface area (Å²) >= 11 is 0. The van der Waals surface area contributed by atoms with E-state index in [0.29, 0.717) is 0 Å². The molecular formula is CH6KO3P. The van der Waals surface area contributed by atoms with E-state index in [4.69, 9.17) is 9.79 Å². The Morgan fingerprint density at radius 3 is 1.67 bits per heavy atom. The van der Waals surface area contributed by atoms with Gasteiger partial charge in [-0.1, -0.05) is 0 Å². The summed E-state index contributed by atoms with van der Waals surface area (Å²) in [6, 6.07) is 0. The third-order valence-corrected chi connectivity index (χ3v) is 0.490. The molecule has 0 fully saturated rings. The topological polar surface area (TPSA) is 49.7 Å². The van der Waals surface area contributed by atoms with Crippen molar-refractivity contribution in [3.63, 3.8) is 0 Å². The predicted octanol–water partition coefficient (Wildman–Crippen LogP) is -0.804. The van der Waals surface area contributed by atoms with Crippen LogP contribution in [0.15, 0.2) is 0 Å². The molecule has 0 aromatic heterocycles. The number of rotatable bonds is 1. The molecule has 5 heteroatoms. The Labute approximate surface area is 80.1 Å². The van der Waals surface area contributed by atoms with Gasteiger partial charge in [0.15, 0.2) is 0 Å². The van der Waals surface area contributed by atoms with Crippen molar-refractivity contribution in [2.75, 3.05) is 7.11 Å². The van der Waals surface area contributed by atoms with Gasteiger partial charge in [0.25, 0.3) is 0 Å². The van der Waals surface area contributed by atoms with Crippen molar-refractivity contribution in [2.24, 2.45) is 0 Å². The summed E-state index contributed by atoms with van der Waals surface area (Å²) in [7, 11) is -0.870. The summed E-state index contributed by atoms with van der Waals surface area (Å²) in [5, 5.41) is 0. The molecular weight excluding hydrogens is 130 g/mol. The van der Waals surface area contributed by atoms with Gasteiger partial charge in [-0.25, -0.2) is 0 Å². The molecule has 0 saturated heterocycles. The first-order valence-electron chi connectivity index (χ1n) is 0.991. The van der Waals surface area contributed by atoms with Gasteiger partial charge in [0.2, 0.25) is 0 Å². The van der Waals surface area contributed by atoms with Gasteiger partial charge in [-0.3, -0.25) is 0 Å². The summed E-state index contributed by atoms with van der Waals surface area (Å²) in [6.45, 7) is 0. The molecule has 0 amide bonds. The van der Waals surface area contributed by atoms with Crippen molar-refractivity contribution in [3.8, 4) is 0 Å². The molecule has 0 saturated carbocycles. The van der Waals surface area contributed by atoms with E-state index in [2.05, 4.69) is 4.52 Å². The van der Waals surface area contributed by atoms with Gasteiger partial charge in [0.1, 0.15) is 0 Å². The fraction of sp³-hybridized carbons (Fsp3) is 1.00. The van der Waals surface area contributed by atoms with E-state index in [0.717, 1.165) is 0 Å². The zero-order valence-corrected chi connectivity index (χ0v) is 3.64. The molecule has 34 valence electrons. The quantitative estimate of drug-likeness (QED) is 0.366. The van der Waals surface area contributed by atoms with E-state index in [1.165, 1.54) is 7.11 Å². The van der Waals surface area contributed by atoms with E-state index in [9.17, 15) is 0 Å². The van der Waals surface area contributed by atoms with Crippen molar-refractivity contribution in [1.29, 1.82) is 0 Å². The molecule has 0 aromatic rings. The van der Waals surface area contributed by atoms with Crippen LogP contribution in [0.5, 0.6) is 0 Å². The van der Waals surface area contributed by atoms with Gasteiger partial charge in [0.05, 0.1) is 0 Å². The Morgan fingerprint density at radius 1 is 1.50 bits per heavy atom. The molecule has 0 rings (SSSR count). The first kappa shape index (κ1) is 10.8. The molecule has 2 N–H and O–H groups in total. The summed E-state index contributed by atoms with van der Waals surface area (Å²) < 4.78 is 3.93. The zero-order valence-electron chi connectivity index (χ0n) is 2.75. The predicted molar refractivity (Wildman–Crippen MR) is 25.5 cm³/mol. The van der Waals surface area contributed by atoms with Crippen LogP contribution in [0.1, 0.15) is 0 Å². The van der Waals surface area contributed by atoms with Crippen molar-refractivity contribution in [3.05, 3.63) is 0 Å². The Morgan fingerprint density at radius 2 is 1.67 bits per heavy atom. The number of hydrogen-bond acceptors (Lipinski definition) is 3. The van der Waals surface area contributed by atoms with Crippen molar-refractivity contribution >= 4 is 60.0 Å². The molecule has 0 aliphatic rings. The maximum atomic E-state index is 7.76. The van der Waals surface area contributed by atoms with E-state index in [-0.39, 0.29) is 51.4 Å². The molecule has 0 atom stereocenters. The van der Waals surface area contributed by atoms with Crippen LogP contribution < -0.4 is 0 Å². The fourth-order valence-electron chi connectivity index (χ4n) is 0. The van der Waals surface area contributed by atoms with E-state index in [1.54, 1.807) is 0 Å². The Hall–Kier alpha value is 1.95. The van der Waals surface area contributed by atoms with Crippen LogP contribution in [0.3, 0.4) is 0 Å². The molecule has 0 radical (unpaired) electrons. The summed E-state index contributed by atoms with van der Waals surface area (Å²) in [4.78, 5) is 15.5. The molecule has 0 bridgehead atoms. The molecule has 0 spiro atoms. The van der Waals surface area contributed by atoms with Crippen molar-refractivity contribution in [1.82, 2.24) is 0 Å². The average molecular weight is 136 g/mol. The Kier molecular flexibility index (Phi) is 12.6. The van der Waals surface area contributed by atoms with Gasteiger partial charge >= 0.3 is 60.0 Å². The first-order chi connectivity index (χ1) is 2.27. The van der Waals surface area contributed by atoms with Crippen molar-refractivity contribution in [2.45, 2.75) is 0 Å². The van der Waals surface area contributed by atoms with Gasteiger partial charge in [-0.05, 0) is 0 Å². The summed E-state index contributed by atoms with van der Waals surface area (Å²) in [5.41, 5.74) is 0. The van der Waals surface area contributed by atoms with Crippen LogP contribution in [-0.2, 0) is 4.52 Å². The zero-order chi connectivity index (χ0) is 4.28. The summed E-state index contributed by atoms with van der Waals surface area (Å²) in [5.74, 6) is 0. The molecule has 0 aliphatic heterocycles. The monoisotopic (exact) mass is 136 g/mol. The van der Waals surface area contributed by atoms with Gasteiger partial charge in [0, 0.05) is 7.11 Å². The standard InChI is InChI=1S/CH5O3P.K.H/c1-4-5(2)3;;/h2-3H,1H3;;. The molecule has 0 aliphatic carbocycles. The molecule has 0 heterocycles. The normalized spacial score (nSPS) is 8.00. The Balaban J connectivity index is 0. The van der Waals surface area contributed by atoms with Crippen LogP contribution in [-0.4, -0.2) is 68.3 Å². The van der Waals surface area contributed by atoms with Crippen LogP contribution in [0.4, 0.5) is 0 Å². The number of hydrogen-bond donors (Lipinski definition) is 2. The van der Waals surface area contributed by atoms with E-state index >= 15 is 0 Å². The van der Waals surface area contributed by atoms with Crippen LogP contribution in [0.25, 0.3) is 0 Å². The average Bonchev–Trinajstić information content (AvgIpc) is 1.38. The molecule has 0 unspecified atom stereocenters. The van der Waals surface area contributed by atoms with Crippen LogP contribution in [0.2, 0.25) is 0 Å². The minimum atomic E-state index is -2.10. The van der Waals surface area contributed by atoms with Crippen LogP contribution >= 0.6 is 8.60 Å². The molecule has 0 aromatic carbocycles. The third-order valence-electron chi connectivity index (χ3n) is 0.163. The third kappa shape index (κ3) is 9.34. The second-order valence-corrected chi connectivity index (χ2v) is 1.31. The van der Waals surface area contributed by atoms with Gasteiger partial charge in [-0.2, -0.15) is 0 Å². The van der Waals surface area contributed by atoms with Crippen LogP contribution in [0, 0.1) is 0 Å². The first-order valence-corrected chi connectivity index (χ1v) is 2.16. The SMILES string of the molecule is COP(O)O.[KH]. The van der Waals surface area contributed by atoms with Crippen molar-refractivity contribution < 1.29 is 14.3 Å². The van der Waals surface area contributed by atoms with Gasteiger partial charge < -0.3 is 14.3 Å². The fourth-order valence-corrected chi connectivity index (χ4v) is 0. The van der Waals surface area contributed by atoms with Gasteiger partial charge in [-0.15, -0.1) is 0 Å². The second kappa shape index (κ2) is 6.95.